The first-order valence-electron chi connectivity index (χ1n) is 11.8. The van der Waals surface area contributed by atoms with Crippen LogP contribution in [0.2, 0.25) is 0 Å². The van der Waals surface area contributed by atoms with Crippen LogP contribution in [0.1, 0.15) is 0 Å². The predicted octanol–water partition coefficient (Wildman–Crippen LogP) is 9.18. The van der Waals surface area contributed by atoms with Gasteiger partial charge in [0, 0.05) is 21.6 Å². The number of benzene rings is 4. The van der Waals surface area contributed by atoms with Gasteiger partial charge in [0.15, 0.2) is 5.58 Å². The fourth-order valence-electron chi connectivity index (χ4n) is 4.56. The van der Waals surface area contributed by atoms with Crippen LogP contribution in [-0.2, 0) is 0 Å². The molecule has 2 heterocycles. The van der Waals surface area contributed by atoms with Crippen LogP contribution in [0.3, 0.4) is 0 Å². The third kappa shape index (κ3) is 3.86. The Labute approximate surface area is 214 Å². The van der Waals surface area contributed by atoms with Crippen molar-refractivity contribution in [2.24, 2.45) is 0 Å². The maximum Gasteiger partial charge on any atom is 0.154 e. The van der Waals surface area contributed by atoms with Crippen molar-refractivity contribution in [3.63, 3.8) is 0 Å². The largest absolute Gasteiger partial charge is 0.497 e. The summed E-state index contributed by atoms with van der Waals surface area (Å²) in [5.74, 6) is 2.49. The molecule has 2 aromatic heterocycles. The van der Waals surface area contributed by atoms with Crippen LogP contribution in [0, 0.1) is 0 Å². The molecule has 0 atom stereocenters. The van der Waals surface area contributed by atoms with E-state index in [2.05, 4.69) is 72.8 Å². The van der Waals surface area contributed by atoms with Crippen LogP contribution in [-0.4, -0.2) is 14.2 Å². The van der Waals surface area contributed by atoms with Crippen molar-refractivity contribution in [2.75, 3.05) is 14.2 Å². The van der Waals surface area contributed by atoms with Crippen molar-refractivity contribution in [1.82, 2.24) is 0 Å². The molecule has 0 amide bonds. The monoisotopic (exact) mass is 488 g/mol. The van der Waals surface area contributed by atoms with Crippen LogP contribution in [0.15, 0.2) is 114 Å². The zero-order valence-corrected chi connectivity index (χ0v) is 20.8. The summed E-state index contributed by atoms with van der Waals surface area (Å²) < 4.78 is 18.7. The van der Waals surface area contributed by atoms with E-state index < -0.39 is 0 Å². The molecular weight excluding hydrogens is 464 g/mol. The SMILES string of the molecule is COc1ccc(-c2oc3c(-c4ccccc4)c(-c4ccccc4)sc3c2-c2ccc(OC)cc2)cc1. The number of thiophene rings is 1. The Balaban J connectivity index is 1.67. The summed E-state index contributed by atoms with van der Waals surface area (Å²) >= 11 is 1.78. The summed E-state index contributed by atoms with van der Waals surface area (Å²) in [5, 5.41) is 0. The molecule has 4 heteroatoms. The summed E-state index contributed by atoms with van der Waals surface area (Å²) in [6.07, 6.45) is 0. The molecule has 0 radical (unpaired) electrons. The fourth-order valence-corrected chi connectivity index (χ4v) is 5.88. The lowest BCUT2D eigenvalue weighted by atomic mass is 9.99. The van der Waals surface area contributed by atoms with Gasteiger partial charge in [-0.05, 0) is 53.1 Å². The zero-order chi connectivity index (χ0) is 24.5. The minimum absolute atomic E-state index is 0.814. The normalized spacial score (nSPS) is 11.1. The van der Waals surface area contributed by atoms with Crippen molar-refractivity contribution in [3.8, 4) is 55.5 Å². The van der Waals surface area contributed by atoms with Crippen LogP contribution in [0.5, 0.6) is 11.5 Å². The molecule has 0 bridgehead atoms. The molecular formula is C32H24O3S. The molecule has 0 N–H and O–H groups in total. The molecule has 0 aliphatic heterocycles. The van der Waals surface area contributed by atoms with Crippen molar-refractivity contribution < 1.29 is 13.9 Å². The second kappa shape index (κ2) is 9.40. The van der Waals surface area contributed by atoms with Gasteiger partial charge in [0.05, 0.1) is 18.9 Å². The van der Waals surface area contributed by atoms with Crippen molar-refractivity contribution in [1.29, 1.82) is 0 Å². The van der Waals surface area contributed by atoms with Gasteiger partial charge in [0.1, 0.15) is 17.3 Å². The lowest BCUT2D eigenvalue weighted by Crippen LogP contribution is -1.85. The van der Waals surface area contributed by atoms with Crippen LogP contribution in [0.25, 0.3) is 54.3 Å². The topological polar surface area (TPSA) is 31.6 Å². The highest BCUT2D eigenvalue weighted by molar-refractivity contribution is 7.23. The highest BCUT2D eigenvalue weighted by Gasteiger charge is 2.26. The van der Waals surface area contributed by atoms with E-state index in [9.17, 15) is 0 Å². The van der Waals surface area contributed by atoms with Crippen LogP contribution >= 0.6 is 11.3 Å². The first-order valence-corrected chi connectivity index (χ1v) is 12.6. The van der Waals surface area contributed by atoms with E-state index in [-0.39, 0.29) is 0 Å². The van der Waals surface area contributed by atoms with Gasteiger partial charge in [-0.15, -0.1) is 11.3 Å². The molecule has 0 fully saturated rings. The number of hydrogen-bond acceptors (Lipinski definition) is 4. The number of hydrogen-bond donors (Lipinski definition) is 0. The van der Waals surface area contributed by atoms with Gasteiger partial charge < -0.3 is 13.9 Å². The Morgan fingerprint density at radius 3 is 1.58 bits per heavy atom. The quantitative estimate of drug-likeness (QED) is 0.234. The van der Waals surface area contributed by atoms with Gasteiger partial charge in [-0.2, -0.15) is 0 Å². The molecule has 3 nitrogen and oxygen atoms in total. The third-order valence-corrected chi connectivity index (χ3v) is 7.59. The van der Waals surface area contributed by atoms with Gasteiger partial charge in [-0.1, -0.05) is 72.8 Å². The fraction of sp³-hybridized carbons (Fsp3) is 0.0625. The molecule has 0 aliphatic rings. The number of furan rings is 1. The van der Waals surface area contributed by atoms with Gasteiger partial charge in [-0.25, -0.2) is 0 Å². The van der Waals surface area contributed by atoms with Gasteiger partial charge in [-0.3, -0.25) is 0 Å². The Bertz CT molecular complexity index is 1610. The highest BCUT2D eigenvalue weighted by atomic mass is 32.1. The lowest BCUT2D eigenvalue weighted by molar-refractivity contribution is 0.414. The van der Waals surface area contributed by atoms with Gasteiger partial charge in [0.25, 0.3) is 0 Å². The lowest BCUT2D eigenvalue weighted by Gasteiger charge is -2.08. The molecule has 0 unspecified atom stereocenters. The molecule has 0 spiro atoms. The average molecular weight is 489 g/mol. The van der Waals surface area contributed by atoms with E-state index in [0.29, 0.717) is 0 Å². The molecule has 6 rings (SSSR count). The van der Waals surface area contributed by atoms with Crippen molar-refractivity contribution in [3.05, 3.63) is 109 Å². The third-order valence-electron chi connectivity index (χ3n) is 6.35. The maximum absolute atomic E-state index is 6.80. The van der Waals surface area contributed by atoms with Crippen molar-refractivity contribution in [2.45, 2.75) is 0 Å². The van der Waals surface area contributed by atoms with Crippen LogP contribution < -0.4 is 9.47 Å². The second-order valence-corrected chi connectivity index (χ2v) is 9.48. The molecule has 36 heavy (non-hydrogen) atoms. The molecule has 0 saturated carbocycles. The van der Waals surface area contributed by atoms with Gasteiger partial charge >= 0.3 is 0 Å². The number of ether oxygens (including phenoxy) is 2. The van der Waals surface area contributed by atoms with E-state index in [1.807, 2.05) is 36.4 Å². The van der Waals surface area contributed by atoms with E-state index in [1.165, 1.54) is 10.4 Å². The zero-order valence-electron chi connectivity index (χ0n) is 20.0. The minimum Gasteiger partial charge on any atom is -0.497 e. The second-order valence-electron chi connectivity index (χ2n) is 8.46. The molecule has 176 valence electrons. The number of methoxy groups -OCH3 is 2. The van der Waals surface area contributed by atoms with E-state index >= 15 is 0 Å². The molecule has 6 aromatic rings. The Kier molecular flexibility index (Phi) is 5.80. The van der Waals surface area contributed by atoms with E-state index in [1.54, 1.807) is 25.6 Å². The summed E-state index contributed by atoms with van der Waals surface area (Å²) in [4.78, 5) is 1.20. The standard InChI is InChI=1S/C32H24O3S/c1-33-25-17-13-22(14-18-25)27-29(23-15-19-26(34-2)20-16-23)35-30-28(21-9-5-3-6-10-21)31(36-32(27)30)24-11-7-4-8-12-24/h3-20H,1-2H3. The molecule has 0 aliphatic carbocycles. The summed E-state index contributed by atoms with van der Waals surface area (Å²) in [7, 11) is 3.36. The Morgan fingerprint density at radius 2 is 1.03 bits per heavy atom. The summed E-state index contributed by atoms with van der Waals surface area (Å²) in [6.45, 7) is 0. The molecule has 4 aromatic carbocycles. The van der Waals surface area contributed by atoms with Crippen LogP contribution in [0.4, 0.5) is 0 Å². The first-order chi connectivity index (χ1) is 17.8. The van der Waals surface area contributed by atoms with E-state index in [4.69, 9.17) is 13.9 Å². The highest BCUT2D eigenvalue weighted by Crippen LogP contribution is 2.52. The maximum atomic E-state index is 6.80. The van der Waals surface area contributed by atoms with E-state index in [0.717, 1.165) is 55.4 Å². The predicted molar refractivity (Wildman–Crippen MR) is 149 cm³/mol. The van der Waals surface area contributed by atoms with Gasteiger partial charge in [0.2, 0.25) is 0 Å². The first kappa shape index (κ1) is 22.2. The number of fused-ring (bicyclic) bond motifs is 1. The summed E-state index contributed by atoms with van der Waals surface area (Å²) in [5.41, 5.74) is 7.52. The smallest absolute Gasteiger partial charge is 0.154 e. The Hall–Kier alpha value is -4.28. The molecule has 0 saturated heterocycles. The van der Waals surface area contributed by atoms with Crippen molar-refractivity contribution >= 4 is 21.6 Å². The average Bonchev–Trinajstić information content (AvgIpc) is 3.50. The Morgan fingerprint density at radius 1 is 0.528 bits per heavy atom. The minimum atomic E-state index is 0.814. The summed E-state index contributed by atoms with van der Waals surface area (Å²) in [6, 6.07) is 37.3. The number of rotatable bonds is 6.